The molecule has 4 nitrogen and oxygen atoms in total. The van der Waals surface area contributed by atoms with Gasteiger partial charge in [-0.15, -0.1) is 0 Å². The predicted molar refractivity (Wildman–Crippen MR) is 89.3 cm³/mol. The monoisotopic (exact) mass is 321 g/mol. The van der Waals surface area contributed by atoms with Crippen LogP contribution in [0, 0.1) is 6.92 Å². The van der Waals surface area contributed by atoms with Crippen LogP contribution in [0.25, 0.3) is 0 Å². The number of aliphatic carboxylic acids is 1. The van der Waals surface area contributed by atoms with Crippen LogP contribution in [-0.2, 0) is 9.59 Å². The lowest BCUT2D eigenvalue weighted by Gasteiger charge is -2.34. The van der Waals surface area contributed by atoms with Gasteiger partial charge in [0.1, 0.15) is 5.54 Å². The zero-order valence-electron chi connectivity index (χ0n) is 13.1. The van der Waals surface area contributed by atoms with E-state index >= 15 is 0 Å². The minimum atomic E-state index is -1.08. The van der Waals surface area contributed by atoms with Gasteiger partial charge in [0.15, 0.2) is 0 Å². The Kier molecular flexibility index (Phi) is 5.51. The number of hydrogen-bond donors (Lipinski definition) is 2. The molecule has 1 fully saturated rings. The van der Waals surface area contributed by atoms with Gasteiger partial charge in [-0.05, 0) is 48.3 Å². The summed E-state index contributed by atoms with van der Waals surface area (Å²) < 4.78 is 0. The zero-order chi connectivity index (χ0) is 16.2. The number of aryl methyl sites for hydroxylation is 1. The summed E-state index contributed by atoms with van der Waals surface area (Å²) in [6, 6.07) is 8.00. The number of rotatable bonds is 5. The van der Waals surface area contributed by atoms with Crippen molar-refractivity contribution in [3.8, 4) is 0 Å². The normalized spacial score (nSPS) is 18.5. The minimum Gasteiger partial charge on any atom is -0.480 e. The second kappa shape index (κ2) is 7.18. The summed E-state index contributed by atoms with van der Waals surface area (Å²) in [6.07, 6.45) is 1.31. The van der Waals surface area contributed by atoms with Gasteiger partial charge in [-0.1, -0.05) is 31.2 Å². The molecule has 1 aromatic rings. The van der Waals surface area contributed by atoms with Crippen LogP contribution in [0.5, 0.6) is 0 Å². The number of benzene rings is 1. The molecular weight excluding hydrogens is 298 g/mol. The molecule has 0 saturated carbocycles. The van der Waals surface area contributed by atoms with Crippen molar-refractivity contribution < 1.29 is 14.7 Å². The highest BCUT2D eigenvalue weighted by atomic mass is 32.2. The molecule has 1 aromatic carbocycles. The quantitative estimate of drug-likeness (QED) is 0.875. The molecule has 1 aliphatic rings. The van der Waals surface area contributed by atoms with E-state index in [0.29, 0.717) is 19.3 Å². The lowest BCUT2D eigenvalue weighted by Crippen LogP contribution is -2.56. The Hall–Kier alpha value is -1.49. The van der Waals surface area contributed by atoms with Gasteiger partial charge in [0.05, 0.1) is 0 Å². The first kappa shape index (κ1) is 16.9. The third-order valence-electron chi connectivity index (χ3n) is 4.35. The Morgan fingerprint density at radius 2 is 1.95 bits per heavy atom. The number of carboxylic acid groups (broad SMARTS) is 1. The maximum atomic E-state index is 12.3. The molecule has 0 aliphatic carbocycles. The second-order valence-corrected chi connectivity index (χ2v) is 7.23. The molecule has 1 unspecified atom stereocenters. The van der Waals surface area contributed by atoms with E-state index < -0.39 is 11.5 Å². The minimum absolute atomic E-state index is 0.0741. The van der Waals surface area contributed by atoms with Gasteiger partial charge in [-0.2, -0.15) is 11.8 Å². The van der Waals surface area contributed by atoms with Crippen molar-refractivity contribution in [2.24, 2.45) is 0 Å². The van der Waals surface area contributed by atoms with Crippen molar-refractivity contribution in [1.82, 2.24) is 5.32 Å². The van der Waals surface area contributed by atoms with Gasteiger partial charge in [0, 0.05) is 6.42 Å². The standard InChI is InChI=1S/C17H23NO3S/c1-12-5-3-4-6-14(12)13(2)11-15(19)18-17(16(20)21)7-9-22-10-8-17/h3-6,13H,7-11H2,1-2H3,(H,18,19)(H,20,21). The molecule has 0 spiro atoms. The maximum Gasteiger partial charge on any atom is 0.329 e. The van der Waals surface area contributed by atoms with Crippen molar-refractivity contribution in [3.63, 3.8) is 0 Å². The molecule has 120 valence electrons. The lowest BCUT2D eigenvalue weighted by atomic mass is 9.90. The summed E-state index contributed by atoms with van der Waals surface area (Å²) in [5.74, 6) is 0.541. The number of nitrogens with one attached hydrogen (secondary N) is 1. The van der Waals surface area contributed by atoms with Gasteiger partial charge in [0.25, 0.3) is 0 Å². The third-order valence-corrected chi connectivity index (χ3v) is 5.33. The smallest absolute Gasteiger partial charge is 0.329 e. The summed E-state index contributed by atoms with van der Waals surface area (Å²) in [5, 5.41) is 12.3. The molecule has 0 aromatic heterocycles. The van der Waals surface area contributed by atoms with E-state index in [4.69, 9.17) is 0 Å². The fourth-order valence-electron chi connectivity index (χ4n) is 2.96. The summed E-state index contributed by atoms with van der Waals surface area (Å²) in [5.41, 5.74) is 1.22. The van der Waals surface area contributed by atoms with Gasteiger partial charge in [-0.25, -0.2) is 4.79 Å². The van der Waals surface area contributed by atoms with Crippen LogP contribution in [0.1, 0.15) is 43.2 Å². The highest BCUT2D eigenvalue weighted by Gasteiger charge is 2.41. The molecule has 1 saturated heterocycles. The number of thioether (sulfide) groups is 1. The van der Waals surface area contributed by atoms with Gasteiger partial charge in [-0.3, -0.25) is 4.79 Å². The van der Waals surface area contributed by atoms with Crippen LogP contribution in [0.2, 0.25) is 0 Å². The van der Waals surface area contributed by atoms with E-state index in [1.165, 1.54) is 0 Å². The van der Waals surface area contributed by atoms with Crippen LogP contribution >= 0.6 is 11.8 Å². The highest BCUT2D eigenvalue weighted by Crippen LogP contribution is 2.28. The van der Waals surface area contributed by atoms with E-state index in [1.54, 1.807) is 11.8 Å². The highest BCUT2D eigenvalue weighted by molar-refractivity contribution is 7.99. The SMILES string of the molecule is Cc1ccccc1C(C)CC(=O)NC1(C(=O)O)CCSCC1. The zero-order valence-corrected chi connectivity index (χ0v) is 13.9. The number of amides is 1. The number of carbonyl (C=O) groups is 2. The van der Waals surface area contributed by atoms with Crippen LogP contribution < -0.4 is 5.32 Å². The molecule has 1 atom stereocenters. The fourth-order valence-corrected chi connectivity index (χ4v) is 4.15. The molecule has 0 bridgehead atoms. The van der Waals surface area contributed by atoms with Crippen LogP contribution in [-0.4, -0.2) is 34.0 Å². The molecular formula is C17H23NO3S. The molecule has 22 heavy (non-hydrogen) atoms. The predicted octanol–water partition coefficient (Wildman–Crippen LogP) is 2.96. The number of carboxylic acids is 1. The summed E-state index contributed by atoms with van der Waals surface area (Å²) in [6.45, 7) is 4.03. The Balaban J connectivity index is 2.02. The Labute approximate surface area is 135 Å². The molecule has 1 amide bonds. The average molecular weight is 321 g/mol. The third kappa shape index (κ3) is 3.83. The lowest BCUT2D eigenvalue weighted by molar-refractivity contribution is -0.148. The number of carbonyl (C=O) groups excluding carboxylic acids is 1. The van der Waals surface area contributed by atoms with Crippen molar-refractivity contribution >= 4 is 23.6 Å². The summed E-state index contributed by atoms with van der Waals surface area (Å²) in [4.78, 5) is 23.9. The summed E-state index contributed by atoms with van der Waals surface area (Å²) in [7, 11) is 0. The molecule has 0 radical (unpaired) electrons. The van der Waals surface area contributed by atoms with Crippen LogP contribution in [0.3, 0.4) is 0 Å². The molecule has 1 aliphatic heterocycles. The van der Waals surface area contributed by atoms with Crippen molar-refractivity contribution in [1.29, 1.82) is 0 Å². The first-order valence-electron chi connectivity index (χ1n) is 7.62. The van der Waals surface area contributed by atoms with Crippen molar-refractivity contribution in [3.05, 3.63) is 35.4 Å². The Bertz CT molecular complexity index is 553. The number of hydrogen-bond acceptors (Lipinski definition) is 3. The molecule has 2 rings (SSSR count). The van der Waals surface area contributed by atoms with Crippen LogP contribution in [0.4, 0.5) is 0 Å². The molecule has 1 heterocycles. The summed E-state index contributed by atoms with van der Waals surface area (Å²) >= 11 is 1.74. The van der Waals surface area contributed by atoms with E-state index in [-0.39, 0.29) is 11.8 Å². The maximum absolute atomic E-state index is 12.3. The average Bonchev–Trinajstić information content (AvgIpc) is 2.48. The van der Waals surface area contributed by atoms with Gasteiger partial charge >= 0.3 is 5.97 Å². The first-order valence-corrected chi connectivity index (χ1v) is 8.78. The topological polar surface area (TPSA) is 66.4 Å². The van der Waals surface area contributed by atoms with Crippen molar-refractivity contribution in [2.75, 3.05) is 11.5 Å². The van der Waals surface area contributed by atoms with Crippen LogP contribution in [0.15, 0.2) is 24.3 Å². The van der Waals surface area contributed by atoms with E-state index in [2.05, 4.69) is 5.32 Å². The van der Waals surface area contributed by atoms with E-state index in [9.17, 15) is 14.7 Å². The largest absolute Gasteiger partial charge is 0.480 e. The van der Waals surface area contributed by atoms with Crippen molar-refractivity contribution in [2.45, 2.75) is 44.6 Å². The fraction of sp³-hybridized carbons (Fsp3) is 0.529. The molecule has 2 N–H and O–H groups in total. The second-order valence-electron chi connectivity index (χ2n) is 6.01. The first-order chi connectivity index (χ1) is 10.4. The Morgan fingerprint density at radius 3 is 2.55 bits per heavy atom. The molecule has 5 heteroatoms. The van der Waals surface area contributed by atoms with Gasteiger partial charge in [0.2, 0.25) is 5.91 Å². The van der Waals surface area contributed by atoms with E-state index in [1.807, 2.05) is 38.1 Å². The Morgan fingerprint density at radius 1 is 1.32 bits per heavy atom. The van der Waals surface area contributed by atoms with Gasteiger partial charge < -0.3 is 10.4 Å². The van der Waals surface area contributed by atoms with E-state index in [0.717, 1.165) is 22.6 Å².